The van der Waals surface area contributed by atoms with Crippen LogP contribution in [-0.2, 0) is 18.6 Å². The molecule has 6 heteroatoms. The Morgan fingerprint density at radius 1 is 0.824 bits per heavy atom. The summed E-state index contributed by atoms with van der Waals surface area (Å²) >= 11 is 0. The van der Waals surface area contributed by atoms with Crippen LogP contribution in [0.2, 0.25) is 0 Å². The second kappa shape index (κ2) is 4.92. The fourth-order valence-corrected chi connectivity index (χ4v) is 1.88. The van der Waals surface area contributed by atoms with Crippen molar-refractivity contribution < 1.29 is 18.6 Å². The molecule has 0 spiro atoms. The summed E-state index contributed by atoms with van der Waals surface area (Å²) in [5.74, 6) is 0. The summed E-state index contributed by atoms with van der Waals surface area (Å²) < 4.78 is 22.8. The minimum absolute atomic E-state index is 0.0864. The quantitative estimate of drug-likeness (QED) is 0.686. The average Bonchev–Trinajstić information content (AvgIpc) is 2.31. The molecule has 2 aliphatic heterocycles. The third-order valence-electron chi connectivity index (χ3n) is 3.54. The van der Waals surface area contributed by atoms with Crippen LogP contribution in [0.15, 0.2) is 0 Å². The van der Waals surface area contributed by atoms with E-state index in [0.29, 0.717) is 26.4 Å². The second-order valence-electron chi connectivity index (χ2n) is 6.31. The van der Waals surface area contributed by atoms with Crippen LogP contribution in [0.4, 0.5) is 0 Å². The first-order valence-electron chi connectivity index (χ1n) is 6.41. The Labute approximate surface area is 105 Å². The van der Waals surface area contributed by atoms with Crippen molar-refractivity contribution in [2.45, 2.75) is 34.1 Å². The van der Waals surface area contributed by atoms with Crippen LogP contribution in [0.3, 0.4) is 0 Å². The van der Waals surface area contributed by atoms with Crippen LogP contribution in [0.25, 0.3) is 0 Å². The van der Waals surface area contributed by atoms with E-state index in [0.717, 1.165) is 6.42 Å². The van der Waals surface area contributed by atoms with Crippen molar-refractivity contribution in [3.05, 3.63) is 0 Å². The van der Waals surface area contributed by atoms with Crippen LogP contribution in [-0.4, -0.2) is 40.4 Å². The van der Waals surface area contributed by atoms with E-state index in [1.54, 1.807) is 0 Å². The van der Waals surface area contributed by atoms with E-state index < -0.39 is 0 Å². The highest BCUT2D eigenvalue weighted by Gasteiger charge is 2.48. The van der Waals surface area contributed by atoms with E-state index in [1.807, 2.05) is 0 Å². The third-order valence-corrected chi connectivity index (χ3v) is 3.54. The van der Waals surface area contributed by atoms with Gasteiger partial charge in [-0.2, -0.15) is 0 Å². The van der Waals surface area contributed by atoms with E-state index in [9.17, 15) is 0 Å². The van der Waals surface area contributed by atoms with Crippen molar-refractivity contribution >= 4 is 14.0 Å². The summed E-state index contributed by atoms with van der Waals surface area (Å²) in [7, 11) is -0.741. The zero-order chi connectivity index (χ0) is 12.5. The lowest BCUT2D eigenvalue weighted by atomic mass is 9.47. The fraction of sp³-hybridized carbons (Fsp3) is 1.00. The molecule has 96 valence electrons. The Kier molecular flexibility index (Phi) is 3.88. The monoisotopic (exact) mass is 240 g/mol. The van der Waals surface area contributed by atoms with E-state index in [-0.39, 0.29) is 24.8 Å². The van der Waals surface area contributed by atoms with E-state index in [4.69, 9.17) is 18.6 Å². The smallest absolute Gasteiger partial charge is 0.413 e. The van der Waals surface area contributed by atoms with Crippen molar-refractivity contribution in [1.29, 1.82) is 0 Å². The van der Waals surface area contributed by atoms with Gasteiger partial charge in [-0.15, -0.1) is 0 Å². The molecule has 2 aliphatic rings. The first-order valence-corrected chi connectivity index (χ1v) is 6.41. The van der Waals surface area contributed by atoms with Gasteiger partial charge in [-0.1, -0.05) is 27.7 Å². The summed E-state index contributed by atoms with van der Waals surface area (Å²) in [5.41, 5.74) is 0.216. The van der Waals surface area contributed by atoms with Crippen LogP contribution >= 0.6 is 0 Å². The van der Waals surface area contributed by atoms with Gasteiger partial charge in [0.05, 0.1) is 0 Å². The summed E-state index contributed by atoms with van der Waals surface area (Å²) in [6, 6.07) is 0. The molecule has 0 N–H and O–H groups in total. The van der Waals surface area contributed by atoms with Gasteiger partial charge >= 0.3 is 14.0 Å². The van der Waals surface area contributed by atoms with E-state index in [1.165, 1.54) is 0 Å². The molecule has 2 heterocycles. The molecule has 0 aromatic heterocycles. The number of hydrogen-bond acceptors (Lipinski definition) is 4. The first kappa shape index (κ1) is 13.4. The lowest BCUT2D eigenvalue weighted by Gasteiger charge is -2.39. The van der Waals surface area contributed by atoms with Gasteiger partial charge in [-0.05, 0) is 6.42 Å². The van der Waals surface area contributed by atoms with E-state index in [2.05, 4.69) is 27.7 Å². The predicted octanol–water partition coefficient (Wildman–Crippen LogP) is 1.58. The highest BCUT2D eigenvalue weighted by Crippen LogP contribution is 2.29. The zero-order valence-electron chi connectivity index (χ0n) is 11.3. The minimum Gasteiger partial charge on any atom is -0.413 e. The molecule has 0 saturated carbocycles. The maximum absolute atomic E-state index is 5.72. The zero-order valence-corrected chi connectivity index (χ0v) is 11.3. The maximum Gasteiger partial charge on any atom is 0.488 e. The molecule has 2 rings (SSSR count). The standard InChI is InChI=1S/C11H22B2O4/c1-5-11(4)8-16-13(17-9-11)12-14-6-10(2,3)7-15-12/h5-9H2,1-4H3. The molecule has 0 aliphatic carbocycles. The highest BCUT2D eigenvalue weighted by atomic mass is 16.7. The fourth-order valence-electron chi connectivity index (χ4n) is 1.88. The molecule has 0 amide bonds. The molecule has 0 aromatic carbocycles. The van der Waals surface area contributed by atoms with Crippen molar-refractivity contribution in [2.75, 3.05) is 26.4 Å². The van der Waals surface area contributed by atoms with Crippen LogP contribution in [0.5, 0.6) is 0 Å². The van der Waals surface area contributed by atoms with Crippen LogP contribution in [0, 0.1) is 10.8 Å². The molecule has 4 nitrogen and oxygen atoms in total. The van der Waals surface area contributed by atoms with Gasteiger partial charge in [-0.25, -0.2) is 0 Å². The number of hydrogen-bond donors (Lipinski definition) is 0. The second-order valence-corrected chi connectivity index (χ2v) is 6.31. The Hall–Kier alpha value is -0.0301. The van der Waals surface area contributed by atoms with Gasteiger partial charge in [0.2, 0.25) is 0 Å². The third kappa shape index (κ3) is 3.25. The number of rotatable bonds is 2. The molecule has 0 unspecified atom stereocenters. The van der Waals surface area contributed by atoms with Crippen molar-refractivity contribution in [3.63, 3.8) is 0 Å². The van der Waals surface area contributed by atoms with Crippen molar-refractivity contribution in [1.82, 2.24) is 0 Å². The van der Waals surface area contributed by atoms with E-state index >= 15 is 0 Å². The molecule has 0 bridgehead atoms. The lowest BCUT2D eigenvalue weighted by Crippen LogP contribution is -2.56. The lowest BCUT2D eigenvalue weighted by molar-refractivity contribution is -0.00117. The molecular weight excluding hydrogens is 218 g/mol. The largest absolute Gasteiger partial charge is 0.488 e. The van der Waals surface area contributed by atoms with Crippen LogP contribution in [0.1, 0.15) is 34.1 Å². The van der Waals surface area contributed by atoms with Crippen molar-refractivity contribution in [2.24, 2.45) is 10.8 Å². The molecule has 0 radical (unpaired) electrons. The molecule has 2 fully saturated rings. The SMILES string of the molecule is CCC1(C)COB(B2OCC(C)(C)CO2)OC1. The molecule has 17 heavy (non-hydrogen) atoms. The Balaban J connectivity index is 1.82. The first-order chi connectivity index (χ1) is 7.94. The maximum atomic E-state index is 5.72. The topological polar surface area (TPSA) is 36.9 Å². The van der Waals surface area contributed by atoms with Gasteiger partial charge in [0.15, 0.2) is 0 Å². The highest BCUT2D eigenvalue weighted by molar-refractivity contribution is 7.10. The van der Waals surface area contributed by atoms with Gasteiger partial charge in [-0.3, -0.25) is 0 Å². The molecular formula is C11H22B2O4. The predicted molar refractivity (Wildman–Crippen MR) is 67.5 cm³/mol. The van der Waals surface area contributed by atoms with Gasteiger partial charge in [0, 0.05) is 37.3 Å². The summed E-state index contributed by atoms with van der Waals surface area (Å²) in [4.78, 5) is 0. The van der Waals surface area contributed by atoms with Gasteiger partial charge in [0.1, 0.15) is 0 Å². The average molecular weight is 240 g/mol. The molecule has 2 saturated heterocycles. The van der Waals surface area contributed by atoms with Crippen molar-refractivity contribution in [3.8, 4) is 0 Å². The Bertz CT molecular complexity index is 254. The molecule has 0 atom stereocenters. The van der Waals surface area contributed by atoms with Gasteiger partial charge in [0.25, 0.3) is 0 Å². The Morgan fingerprint density at radius 3 is 1.65 bits per heavy atom. The normalized spacial score (nSPS) is 28.2. The minimum atomic E-state index is -0.371. The summed E-state index contributed by atoms with van der Waals surface area (Å²) in [6.07, 6.45) is 1.05. The van der Waals surface area contributed by atoms with Crippen LogP contribution < -0.4 is 0 Å². The Morgan fingerprint density at radius 2 is 1.24 bits per heavy atom. The molecule has 0 aromatic rings. The summed E-state index contributed by atoms with van der Waals surface area (Å²) in [5, 5.41) is 0. The van der Waals surface area contributed by atoms with Gasteiger partial charge < -0.3 is 18.6 Å². The summed E-state index contributed by atoms with van der Waals surface area (Å²) in [6.45, 7) is 11.4.